The van der Waals surface area contributed by atoms with Crippen molar-refractivity contribution in [2.24, 2.45) is 0 Å². The van der Waals surface area contributed by atoms with Gasteiger partial charge < -0.3 is 24.1 Å². The Labute approximate surface area is 181 Å². The van der Waals surface area contributed by atoms with E-state index in [9.17, 15) is 4.79 Å². The number of ether oxygens (including phenoxy) is 4. The summed E-state index contributed by atoms with van der Waals surface area (Å²) in [7, 11) is 1.66. The zero-order valence-corrected chi connectivity index (χ0v) is 17.2. The molecule has 0 atom stereocenters. The van der Waals surface area contributed by atoms with E-state index >= 15 is 0 Å². The molecule has 4 rings (SSSR count). The van der Waals surface area contributed by atoms with Gasteiger partial charge in [-0.15, -0.1) is 0 Å². The summed E-state index contributed by atoms with van der Waals surface area (Å²) in [5.74, 6) is 0.561. The minimum atomic E-state index is -0.997. The number of methoxy groups -OCH3 is 1. The van der Waals surface area contributed by atoms with Gasteiger partial charge in [-0.05, 0) is 52.6 Å². The topological polar surface area (TPSA) is 74.2 Å². The van der Waals surface area contributed by atoms with Crippen LogP contribution in [0.2, 0.25) is 0 Å². The van der Waals surface area contributed by atoms with Crippen LogP contribution in [0, 0.1) is 0 Å². The van der Waals surface area contributed by atoms with Gasteiger partial charge in [-0.25, -0.2) is 4.79 Å². The lowest BCUT2D eigenvalue weighted by atomic mass is 9.91. The summed E-state index contributed by atoms with van der Waals surface area (Å²) in [6.07, 6.45) is 0. The fourth-order valence-corrected chi connectivity index (χ4v) is 3.47. The van der Waals surface area contributed by atoms with Crippen molar-refractivity contribution in [1.82, 2.24) is 0 Å². The highest BCUT2D eigenvalue weighted by molar-refractivity contribution is 5.68. The van der Waals surface area contributed by atoms with Gasteiger partial charge in [0.05, 0.1) is 20.3 Å². The largest absolute Gasteiger partial charge is 0.497 e. The molecule has 3 aromatic carbocycles. The predicted octanol–water partition coefficient (Wildman–Crippen LogP) is 4.27. The monoisotopic (exact) mass is 420 g/mol. The van der Waals surface area contributed by atoms with Gasteiger partial charge in [0.15, 0.2) is 0 Å². The molecular formula is C25H24O6. The second kappa shape index (κ2) is 9.20. The summed E-state index contributed by atoms with van der Waals surface area (Å²) in [5, 5.41) is 8.89. The van der Waals surface area contributed by atoms with E-state index in [1.807, 2.05) is 60.7 Å². The van der Waals surface area contributed by atoms with Crippen molar-refractivity contribution in [3.63, 3.8) is 0 Å². The van der Waals surface area contributed by atoms with Crippen molar-refractivity contribution in [3.05, 3.63) is 83.9 Å². The molecule has 3 aromatic rings. The molecule has 0 aromatic heterocycles. The third-order valence-corrected chi connectivity index (χ3v) is 5.28. The summed E-state index contributed by atoms with van der Waals surface area (Å²) >= 11 is 0. The lowest BCUT2D eigenvalue weighted by molar-refractivity contribution is -0.220. The number of hydrogen-bond acceptors (Lipinski definition) is 5. The Bertz CT molecular complexity index is 1020. The summed E-state index contributed by atoms with van der Waals surface area (Å²) in [4.78, 5) is 10.8. The Kier molecular flexibility index (Phi) is 6.21. The van der Waals surface area contributed by atoms with Crippen molar-refractivity contribution >= 4 is 5.97 Å². The van der Waals surface area contributed by atoms with Crippen LogP contribution >= 0.6 is 0 Å². The van der Waals surface area contributed by atoms with E-state index in [4.69, 9.17) is 24.1 Å². The Morgan fingerprint density at radius 2 is 1.68 bits per heavy atom. The molecule has 1 aliphatic heterocycles. The van der Waals surface area contributed by atoms with E-state index in [1.165, 1.54) is 0 Å². The molecule has 0 unspecified atom stereocenters. The summed E-state index contributed by atoms with van der Waals surface area (Å²) in [6.45, 7) is 0.774. The van der Waals surface area contributed by atoms with E-state index in [1.54, 1.807) is 7.11 Å². The second-order valence-corrected chi connectivity index (χ2v) is 7.41. The normalized spacial score (nSPS) is 14.5. The first-order valence-corrected chi connectivity index (χ1v) is 9.98. The van der Waals surface area contributed by atoms with Gasteiger partial charge in [0.25, 0.3) is 0 Å². The first kappa shape index (κ1) is 20.9. The third-order valence-electron chi connectivity index (χ3n) is 5.28. The van der Waals surface area contributed by atoms with Crippen LogP contribution in [-0.4, -0.2) is 38.0 Å². The molecule has 6 heteroatoms. The third kappa shape index (κ3) is 4.87. The van der Waals surface area contributed by atoms with Crippen LogP contribution in [0.1, 0.15) is 11.1 Å². The standard InChI is InChI=1S/C25H24O6/c1-28-22-9-5-19(6-10-22)20-4-2-3-18(13-20)14-30-23-11-7-21(8-12-23)25(16-29-17-25)31-15-24(26)27/h2-13H,14-17H2,1H3,(H,26,27). The highest BCUT2D eigenvalue weighted by atomic mass is 16.6. The van der Waals surface area contributed by atoms with Crippen LogP contribution in [0.4, 0.5) is 0 Å². The summed E-state index contributed by atoms with van der Waals surface area (Å²) < 4.78 is 22.0. The molecule has 0 bridgehead atoms. The van der Waals surface area contributed by atoms with Gasteiger partial charge in [0.1, 0.15) is 30.3 Å². The lowest BCUT2D eigenvalue weighted by Crippen LogP contribution is -2.49. The van der Waals surface area contributed by atoms with Crippen LogP contribution in [-0.2, 0) is 26.5 Å². The first-order valence-electron chi connectivity index (χ1n) is 9.98. The molecule has 1 aliphatic rings. The minimum Gasteiger partial charge on any atom is -0.497 e. The number of carbonyl (C=O) groups is 1. The number of carboxylic acid groups (broad SMARTS) is 1. The minimum absolute atomic E-state index is 0.346. The highest BCUT2D eigenvalue weighted by Crippen LogP contribution is 2.34. The quantitative estimate of drug-likeness (QED) is 0.557. The number of aliphatic carboxylic acids is 1. The Morgan fingerprint density at radius 1 is 0.968 bits per heavy atom. The maximum absolute atomic E-state index is 10.8. The molecule has 0 saturated carbocycles. The molecule has 0 aliphatic carbocycles. The van der Waals surface area contributed by atoms with Gasteiger partial charge >= 0.3 is 5.97 Å². The fourth-order valence-electron chi connectivity index (χ4n) is 3.47. The van der Waals surface area contributed by atoms with Crippen LogP contribution in [0.5, 0.6) is 11.5 Å². The number of hydrogen-bond donors (Lipinski definition) is 1. The average molecular weight is 420 g/mol. The van der Waals surface area contributed by atoms with Gasteiger partial charge in [0, 0.05) is 0 Å². The maximum atomic E-state index is 10.8. The summed E-state index contributed by atoms with van der Waals surface area (Å²) in [6, 6.07) is 23.7. The van der Waals surface area contributed by atoms with Crippen LogP contribution in [0.15, 0.2) is 72.8 Å². The van der Waals surface area contributed by atoms with Crippen molar-refractivity contribution < 1.29 is 28.8 Å². The van der Waals surface area contributed by atoms with Crippen molar-refractivity contribution in [1.29, 1.82) is 0 Å². The molecular weight excluding hydrogens is 396 g/mol. The molecule has 0 amide bonds. The molecule has 1 saturated heterocycles. The summed E-state index contributed by atoms with van der Waals surface area (Å²) in [5.41, 5.74) is 3.48. The lowest BCUT2D eigenvalue weighted by Gasteiger charge is -2.41. The molecule has 31 heavy (non-hydrogen) atoms. The van der Waals surface area contributed by atoms with Crippen LogP contribution in [0.25, 0.3) is 11.1 Å². The zero-order valence-electron chi connectivity index (χ0n) is 17.2. The smallest absolute Gasteiger partial charge is 0.329 e. The first-order chi connectivity index (χ1) is 15.1. The Balaban J connectivity index is 1.40. The van der Waals surface area contributed by atoms with Crippen LogP contribution < -0.4 is 9.47 Å². The van der Waals surface area contributed by atoms with Crippen molar-refractivity contribution in [3.8, 4) is 22.6 Å². The van der Waals surface area contributed by atoms with Gasteiger partial charge in [-0.1, -0.05) is 42.5 Å². The van der Waals surface area contributed by atoms with E-state index in [0.717, 1.165) is 33.8 Å². The SMILES string of the molecule is COc1ccc(-c2cccc(COc3ccc(C4(OCC(=O)O)COC4)cc3)c2)cc1. The maximum Gasteiger partial charge on any atom is 0.329 e. The average Bonchev–Trinajstić information content (AvgIpc) is 2.78. The second-order valence-electron chi connectivity index (χ2n) is 7.41. The molecule has 160 valence electrons. The van der Waals surface area contributed by atoms with Gasteiger partial charge in [-0.3, -0.25) is 0 Å². The molecule has 1 N–H and O–H groups in total. The van der Waals surface area contributed by atoms with Gasteiger partial charge in [0.2, 0.25) is 0 Å². The Morgan fingerprint density at radius 3 is 2.29 bits per heavy atom. The molecule has 6 nitrogen and oxygen atoms in total. The molecule has 0 radical (unpaired) electrons. The van der Waals surface area contributed by atoms with Crippen LogP contribution in [0.3, 0.4) is 0 Å². The number of rotatable bonds is 9. The van der Waals surface area contributed by atoms with Crippen molar-refractivity contribution in [2.45, 2.75) is 12.2 Å². The van der Waals surface area contributed by atoms with E-state index < -0.39 is 11.6 Å². The van der Waals surface area contributed by atoms with E-state index in [-0.39, 0.29) is 6.61 Å². The highest BCUT2D eigenvalue weighted by Gasteiger charge is 2.42. The number of carboxylic acids is 1. The zero-order chi connectivity index (χ0) is 21.7. The van der Waals surface area contributed by atoms with E-state index in [0.29, 0.717) is 19.8 Å². The van der Waals surface area contributed by atoms with Crippen molar-refractivity contribution in [2.75, 3.05) is 26.9 Å². The predicted molar refractivity (Wildman–Crippen MR) is 115 cm³/mol. The number of benzene rings is 3. The van der Waals surface area contributed by atoms with Gasteiger partial charge in [-0.2, -0.15) is 0 Å². The molecule has 1 heterocycles. The molecule has 1 fully saturated rings. The van der Waals surface area contributed by atoms with E-state index in [2.05, 4.69) is 12.1 Å². The fraction of sp³-hybridized carbons (Fsp3) is 0.240. The Hall–Kier alpha value is -3.35. The molecule has 0 spiro atoms.